The van der Waals surface area contributed by atoms with Crippen molar-refractivity contribution in [2.75, 3.05) is 0 Å². The highest BCUT2D eigenvalue weighted by molar-refractivity contribution is 5.99. The maximum atomic E-state index is 16.6. The van der Waals surface area contributed by atoms with Gasteiger partial charge in [0.1, 0.15) is 11.4 Å². The van der Waals surface area contributed by atoms with Gasteiger partial charge in [-0.15, -0.1) is 0 Å². The normalized spacial score (nSPS) is 22.1. The monoisotopic (exact) mass is 410 g/mol. The van der Waals surface area contributed by atoms with Crippen LogP contribution in [0.4, 0.5) is 8.78 Å². The second-order valence-corrected chi connectivity index (χ2v) is 8.33. The summed E-state index contributed by atoms with van der Waals surface area (Å²) in [5, 5.41) is 0. The van der Waals surface area contributed by atoms with E-state index >= 15 is 4.39 Å². The SMILES string of the molecule is CC(C)(C)OC(=O)[C@@]1(F)C(/C=C/c2ccccc2)=CC(=O)C[C@H]1c1ccc(F)cc1. The Hall–Kier alpha value is -3.08. The first-order valence-corrected chi connectivity index (χ1v) is 9.75. The Labute approximate surface area is 175 Å². The summed E-state index contributed by atoms with van der Waals surface area (Å²) in [7, 11) is 0. The Bertz CT molecular complexity index is 985. The second-order valence-electron chi connectivity index (χ2n) is 8.33. The molecule has 0 unspecified atom stereocenters. The summed E-state index contributed by atoms with van der Waals surface area (Å²) >= 11 is 0. The lowest BCUT2D eigenvalue weighted by Crippen LogP contribution is -2.48. The average molecular weight is 410 g/mol. The van der Waals surface area contributed by atoms with Crippen molar-refractivity contribution >= 4 is 17.8 Å². The zero-order valence-electron chi connectivity index (χ0n) is 17.2. The van der Waals surface area contributed by atoms with Crippen molar-refractivity contribution in [1.82, 2.24) is 0 Å². The maximum absolute atomic E-state index is 16.6. The molecule has 0 saturated carbocycles. The van der Waals surface area contributed by atoms with Gasteiger partial charge in [-0.2, -0.15) is 0 Å². The second kappa shape index (κ2) is 8.34. The Morgan fingerprint density at radius 2 is 1.70 bits per heavy atom. The lowest BCUT2D eigenvalue weighted by molar-refractivity contribution is -0.168. The van der Waals surface area contributed by atoms with E-state index in [9.17, 15) is 14.0 Å². The fourth-order valence-corrected chi connectivity index (χ4v) is 3.46. The third-order valence-corrected chi connectivity index (χ3v) is 4.85. The summed E-state index contributed by atoms with van der Waals surface area (Å²) in [6, 6.07) is 14.3. The summed E-state index contributed by atoms with van der Waals surface area (Å²) < 4.78 is 35.5. The number of ketones is 1. The van der Waals surface area contributed by atoms with Crippen molar-refractivity contribution in [1.29, 1.82) is 0 Å². The van der Waals surface area contributed by atoms with Crippen LogP contribution in [0.25, 0.3) is 6.08 Å². The predicted octanol–water partition coefficient (Wildman–Crippen LogP) is 5.57. The van der Waals surface area contributed by atoms with E-state index < -0.39 is 29.0 Å². The molecule has 3 nitrogen and oxygen atoms in total. The first kappa shape index (κ1) is 21.6. The number of carbonyl (C=O) groups excluding carboxylic acids is 2. The van der Waals surface area contributed by atoms with Gasteiger partial charge in [0.05, 0.1) is 0 Å². The molecule has 0 radical (unpaired) electrons. The number of hydrogen-bond donors (Lipinski definition) is 0. The number of hydrogen-bond acceptors (Lipinski definition) is 3. The molecule has 5 heteroatoms. The van der Waals surface area contributed by atoms with E-state index in [0.717, 1.165) is 11.6 Å². The molecule has 0 N–H and O–H groups in total. The Balaban J connectivity index is 2.09. The Kier molecular flexibility index (Phi) is 6.01. The zero-order valence-corrected chi connectivity index (χ0v) is 17.2. The minimum absolute atomic E-state index is 0.0776. The molecule has 1 aliphatic rings. The van der Waals surface area contributed by atoms with Crippen LogP contribution in [0, 0.1) is 5.82 Å². The van der Waals surface area contributed by atoms with Crippen LogP contribution in [-0.4, -0.2) is 23.0 Å². The summed E-state index contributed by atoms with van der Waals surface area (Å²) in [5.41, 5.74) is -2.44. The number of halogens is 2. The van der Waals surface area contributed by atoms with Gasteiger partial charge >= 0.3 is 5.97 Å². The predicted molar refractivity (Wildman–Crippen MR) is 112 cm³/mol. The van der Waals surface area contributed by atoms with E-state index in [0.29, 0.717) is 5.56 Å². The molecule has 0 spiro atoms. The molecule has 0 heterocycles. The molecular formula is C25H24F2O3. The summed E-state index contributed by atoms with van der Waals surface area (Å²) in [4.78, 5) is 25.5. The number of benzene rings is 2. The molecule has 156 valence electrons. The maximum Gasteiger partial charge on any atom is 0.349 e. The van der Waals surface area contributed by atoms with Crippen molar-refractivity contribution in [2.24, 2.45) is 0 Å². The fraction of sp³-hybridized carbons (Fsp3) is 0.280. The topological polar surface area (TPSA) is 43.4 Å². The van der Waals surface area contributed by atoms with E-state index in [1.54, 1.807) is 26.8 Å². The molecule has 2 atom stereocenters. The third-order valence-electron chi connectivity index (χ3n) is 4.85. The van der Waals surface area contributed by atoms with E-state index in [4.69, 9.17) is 4.74 Å². The minimum Gasteiger partial charge on any atom is -0.457 e. The van der Waals surface area contributed by atoms with Gasteiger partial charge in [0.25, 0.3) is 0 Å². The van der Waals surface area contributed by atoms with Gasteiger partial charge < -0.3 is 4.74 Å². The van der Waals surface area contributed by atoms with Crippen LogP contribution < -0.4 is 0 Å². The van der Waals surface area contributed by atoms with Crippen LogP contribution in [0.1, 0.15) is 44.2 Å². The van der Waals surface area contributed by atoms with Gasteiger partial charge in [-0.1, -0.05) is 54.6 Å². The van der Waals surface area contributed by atoms with E-state index in [-0.39, 0.29) is 17.8 Å². The van der Waals surface area contributed by atoms with Crippen LogP contribution in [0.2, 0.25) is 0 Å². The largest absolute Gasteiger partial charge is 0.457 e. The van der Waals surface area contributed by atoms with Gasteiger partial charge in [0.15, 0.2) is 5.78 Å². The van der Waals surface area contributed by atoms with Crippen molar-refractivity contribution in [3.8, 4) is 0 Å². The molecule has 1 aliphatic carbocycles. The highest BCUT2D eigenvalue weighted by atomic mass is 19.1. The number of carbonyl (C=O) groups is 2. The molecule has 30 heavy (non-hydrogen) atoms. The Morgan fingerprint density at radius 3 is 2.30 bits per heavy atom. The van der Waals surface area contributed by atoms with Gasteiger partial charge in [-0.3, -0.25) is 4.79 Å². The van der Waals surface area contributed by atoms with Crippen LogP contribution in [-0.2, 0) is 14.3 Å². The first-order chi connectivity index (χ1) is 14.1. The lowest BCUT2D eigenvalue weighted by Gasteiger charge is -2.37. The van der Waals surface area contributed by atoms with Gasteiger partial charge in [0.2, 0.25) is 5.67 Å². The molecule has 3 rings (SSSR count). The molecule has 2 aromatic rings. The summed E-state index contributed by atoms with van der Waals surface area (Å²) in [5.74, 6) is -2.99. The van der Waals surface area contributed by atoms with Crippen molar-refractivity contribution < 1.29 is 23.1 Å². The third kappa shape index (κ3) is 4.73. The van der Waals surface area contributed by atoms with Gasteiger partial charge in [0, 0.05) is 17.9 Å². The van der Waals surface area contributed by atoms with Crippen LogP contribution in [0.5, 0.6) is 0 Å². The van der Waals surface area contributed by atoms with Crippen molar-refractivity contribution in [3.63, 3.8) is 0 Å². The first-order valence-electron chi connectivity index (χ1n) is 9.75. The average Bonchev–Trinajstić information content (AvgIpc) is 2.68. The Morgan fingerprint density at radius 1 is 1.07 bits per heavy atom. The standard InChI is InChI=1S/C25H24F2O3/c1-24(2,3)30-23(29)25(27)19(12-9-17-7-5-4-6-8-17)15-21(28)16-22(25)18-10-13-20(26)14-11-18/h4-15,22H,16H2,1-3H3/b12-9+/t22-,25+/m0/s1. The number of allylic oxidation sites excluding steroid dienone is 2. The number of alkyl halides is 1. The van der Waals surface area contributed by atoms with E-state index in [2.05, 4.69) is 0 Å². The smallest absolute Gasteiger partial charge is 0.349 e. The lowest BCUT2D eigenvalue weighted by atomic mass is 9.71. The quantitative estimate of drug-likeness (QED) is 0.619. The van der Waals surface area contributed by atoms with Gasteiger partial charge in [-0.25, -0.2) is 13.6 Å². The van der Waals surface area contributed by atoms with Crippen LogP contribution in [0.3, 0.4) is 0 Å². The highest BCUT2D eigenvalue weighted by Gasteiger charge is 2.54. The van der Waals surface area contributed by atoms with E-state index in [1.807, 2.05) is 30.3 Å². The molecule has 0 aliphatic heterocycles. The molecular weight excluding hydrogens is 386 g/mol. The van der Waals surface area contributed by atoms with Crippen LogP contribution >= 0.6 is 0 Å². The molecule has 2 aromatic carbocycles. The van der Waals surface area contributed by atoms with Crippen molar-refractivity contribution in [3.05, 3.63) is 89.3 Å². The van der Waals surface area contributed by atoms with Gasteiger partial charge in [-0.05, 0) is 50.1 Å². The number of rotatable bonds is 4. The molecule has 0 saturated heterocycles. The van der Waals surface area contributed by atoms with E-state index in [1.165, 1.54) is 30.3 Å². The minimum atomic E-state index is -2.59. The number of ether oxygens (including phenoxy) is 1. The summed E-state index contributed by atoms with van der Waals surface area (Å²) in [6.07, 6.45) is 4.02. The molecule has 0 fully saturated rings. The summed E-state index contributed by atoms with van der Waals surface area (Å²) in [6.45, 7) is 4.95. The molecule has 0 bridgehead atoms. The number of esters is 1. The van der Waals surface area contributed by atoms with Crippen LogP contribution in [0.15, 0.2) is 72.3 Å². The highest BCUT2D eigenvalue weighted by Crippen LogP contribution is 2.45. The molecule has 0 amide bonds. The zero-order chi connectivity index (χ0) is 21.9. The van der Waals surface area contributed by atoms with Crippen molar-refractivity contribution in [2.45, 2.75) is 44.4 Å². The molecule has 0 aromatic heterocycles. The fourth-order valence-electron chi connectivity index (χ4n) is 3.46.